The lowest BCUT2D eigenvalue weighted by atomic mass is 10.1. The lowest BCUT2D eigenvalue weighted by molar-refractivity contribution is 0.131. The fraction of sp³-hybridized carbons (Fsp3) is 0.786. The minimum Gasteiger partial charge on any atom is -0.393 e. The van der Waals surface area contributed by atoms with Crippen molar-refractivity contribution in [2.75, 3.05) is 6.54 Å². The molecule has 1 aliphatic carbocycles. The van der Waals surface area contributed by atoms with Gasteiger partial charge in [-0.25, -0.2) is 4.98 Å². The van der Waals surface area contributed by atoms with Crippen molar-refractivity contribution in [3.63, 3.8) is 0 Å². The summed E-state index contributed by atoms with van der Waals surface area (Å²) in [5.41, 5.74) is 0. The summed E-state index contributed by atoms with van der Waals surface area (Å²) >= 11 is 1.81. The SMILES string of the molecule is CC(C)Cc1ncc(CNCC2CCCC2O)s1. The molecule has 0 aliphatic heterocycles. The van der Waals surface area contributed by atoms with Crippen molar-refractivity contribution in [1.82, 2.24) is 10.3 Å². The van der Waals surface area contributed by atoms with Crippen molar-refractivity contribution in [2.45, 2.75) is 52.2 Å². The maximum atomic E-state index is 9.74. The van der Waals surface area contributed by atoms with Gasteiger partial charge in [-0.15, -0.1) is 11.3 Å². The molecule has 1 heterocycles. The molecule has 0 amide bonds. The second-order valence-corrected chi connectivity index (χ2v) is 6.91. The van der Waals surface area contributed by atoms with Gasteiger partial charge >= 0.3 is 0 Å². The Kier molecular flexibility index (Phi) is 5.15. The van der Waals surface area contributed by atoms with E-state index in [9.17, 15) is 5.11 Å². The van der Waals surface area contributed by atoms with E-state index in [1.54, 1.807) is 0 Å². The van der Waals surface area contributed by atoms with Crippen LogP contribution in [-0.4, -0.2) is 22.7 Å². The van der Waals surface area contributed by atoms with Crippen LogP contribution >= 0.6 is 11.3 Å². The van der Waals surface area contributed by atoms with Crippen molar-refractivity contribution in [3.8, 4) is 0 Å². The Morgan fingerprint density at radius 2 is 2.33 bits per heavy atom. The average Bonchev–Trinajstić information content (AvgIpc) is 2.89. The van der Waals surface area contributed by atoms with Gasteiger partial charge in [0.05, 0.1) is 11.1 Å². The molecule has 1 aromatic heterocycles. The number of nitrogens with one attached hydrogen (secondary N) is 1. The predicted octanol–water partition coefficient (Wildman–Crippen LogP) is 2.59. The highest BCUT2D eigenvalue weighted by atomic mass is 32.1. The van der Waals surface area contributed by atoms with E-state index in [0.717, 1.165) is 32.4 Å². The van der Waals surface area contributed by atoms with Gasteiger partial charge in [-0.05, 0) is 24.7 Å². The quantitative estimate of drug-likeness (QED) is 0.833. The molecule has 2 rings (SSSR count). The molecule has 2 unspecified atom stereocenters. The molecule has 0 radical (unpaired) electrons. The van der Waals surface area contributed by atoms with E-state index in [0.29, 0.717) is 11.8 Å². The van der Waals surface area contributed by atoms with Crippen molar-refractivity contribution in [1.29, 1.82) is 0 Å². The number of rotatable bonds is 6. The Balaban J connectivity index is 1.71. The largest absolute Gasteiger partial charge is 0.393 e. The van der Waals surface area contributed by atoms with Crippen LogP contribution in [0.4, 0.5) is 0 Å². The first-order valence-corrected chi connectivity index (χ1v) is 7.79. The standard InChI is InChI=1S/C14H24N2OS/c1-10(2)6-14-16-9-12(18-14)8-15-7-11-4-3-5-13(11)17/h9-11,13,15,17H,3-8H2,1-2H3. The van der Waals surface area contributed by atoms with Gasteiger partial charge in [0.2, 0.25) is 0 Å². The van der Waals surface area contributed by atoms with Crippen LogP contribution in [0.25, 0.3) is 0 Å². The maximum absolute atomic E-state index is 9.74. The van der Waals surface area contributed by atoms with Gasteiger partial charge < -0.3 is 10.4 Å². The molecular formula is C14H24N2OS. The zero-order chi connectivity index (χ0) is 13.0. The number of aromatic nitrogens is 1. The second-order valence-electron chi connectivity index (χ2n) is 5.71. The molecule has 4 heteroatoms. The lowest BCUT2D eigenvalue weighted by Gasteiger charge is -2.14. The third kappa shape index (κ3) is 4.04. The van der Waals surface area contributed by atoms with Crippen LogP contribution in [0.3, 0.4) is 0 Å². The molecule has 0 spiro atoms. The van der Waals surface area contributed by atoms with Gasteiger partial charge in [0.1, 0.15) is 0 Å². The molecule has 2 N–H and O–H groups in total. The smallest absolute Gasteiger partial charge is 0.0930 e. The van der Waals surface area contributed by atoms with Gasteiger partial charge in [-0.1, -0.05) is 20.3 Å². The summed E-state index contributed by atoms with van der Waals surface area (Å²) in [4.78, 5) is 5.75. The monoisotopic (exact) mass is 268 g/mol. The summed E-state index contributed by atoms with van der Waals surface area (Å²) < 4.78 is 0. The molecule has 0 bridgehead atoms. The van der Waals surface area contributed by atoms with Gasteiger partial charge in [-0.3, -0.25) is 0 Å². The van der Waals surface area contributed by atoms with E-state index in [1.807, 2.05) is 17.5 Å². The highest BCUT2D eigenvalue weighted by Gasteiger charge is 2.24. The van der Waals surface area contributed by atoms with Crippen molar-refractivity contribution < 1.29 is 5.11 Å². The summed E-state index contributed by atoms with van der Waals surface area (Å²) in [6.07, 6.45) is 6.29. The van der Waals surface area contributed by atoms with Crippen molar-refractivity contribution in [2.24, 2.45) is 11.8 Å². The van der Waals surface area contributed by atoms with Crippen LogP contribution in [0, 0.1) is 11.8 Å². The van der Waals surface area contributed by atoms with E-state index in [1.165, 1.54) is 16.3 Å². The molecule has 1 aromatic rings. The first-order valence-electron chi connectivity index (χ1n) is 6.97. The molecule has 1 saturated carbocycles. The van der Waals surface area contributed by atoms with Gasteiger partial charge in [0, 0.05) is 30.6 Å². The first kappa shape index (κ1) is 14.0. The number of aliphatic hydroxyl groups excluding tert-OH is 1. The summed E-state index contributed by atoms with van der Waals surface area (Å²) in [7, 11) is 0. The van der Waals surface area contributed by atoms with E-state index in [4.69, 9.17) is 0 Å². The van der Waals surface area contributed by atoms with E-state index in [2.05, 4.69) is 24.1 Å². The number of aliphatic hydroxyl groups is 1. The summed E-state index contributed by atoms with van der Waals surface area (Å²) in [6, 6.07) is 0. The fourth-order valence-electron chi connectivity index (χ4n) is 2.51. The van der Waals surface area contributed by atoms with E-state index >= 15 is 0 Å². The van der Waals surface area contributed by atoms with Crippen molar-refractivity contribution >= 4 is 11.3 Å². The molecule has 3 nitrogen and oxygen atoms in total. The number of hydrogen-bond donors (Lipinski definition) is 2. The Morgan fingerprint density at radius 3 is 3.00 bits per heavy atom. The van der Waals surface area contributed by atoms with Gasteiger partial charge in [0.25, 0.3) is 0 Å². The number of hydrogen-bond acceptors (Lipinski definition) is 4. The maximum Gasteiger partial charge on any atom is 0.0930 e. The minimum absolute atomic E-state index is 0.0875. The third-order valence-corrected chi connectivity index (χ3v) is 4.53. The van der Waals surface area contributed by atoms with Crippen LogP contribution < -0.4 is 5.32 Å². The second kappa shape index (κ2) is 6.64. The third-order valence-electron chi connectivity index (χ3n) is 3.51. The normalized spacial score (nSPS) is 24.0. The topological polar surface area (TPSA) is 45.2 Å². The zero-order valence-corrected chi connectivity index (χ0v) is 12.2. The summed E-state index contributed by atoms with van der Waals surface area (Å²) in [5.74, 6) is 1.12. The first-order chi connectivity index (χ1) is 8.65. The highest BCUT2D eigenvalue weighted by Crippen LogP contribution is 2.25. The fourth-order valence-corrected chi connectivity index (χ4v) is 3.61. The van der Waals surface area contributed by atoms with Crippen LogP contribution in [0.15, 0.2) is 6.20 Å². The average molecular weight is 268 g/mol. The molecule has 0 aromatic carbocycles. The summed E-state index contributed by atoms with van der Waals surface area (Å²) in [6.45, 7) is 6.26. The van der Waals surface area contributed by atoms with E-state index < -0.39 is 0 Å². The Bertz CT molecular complexity index is 364. The van der Waals surface area contributed by atoms with Crippen molar-refractivity contribution in [3.05, 3.63) is 16.1 Å². The summed E-state index contributed by atoms with van der Waals surface area (Å²) in [5, 5.41) is 14.4. The molecule has 0 saturated heterocycles. The van der Waals surface area contributed by atoms with Crippen LogP contribution in [0.5, 0.6) is 0 Å². The van der Waals surface area contributed by atoms with Gasteiger partial charge in [-0.2, -0.15) is 0 Å². The molecule has 2 atom stereocenters. The number of thiazole rings is 1. The molecule has 102 valence electrons. The Labute approximate surface area is 114 Å². The van der Waals surface area contributed by atoms with Crippen LogP contribution in [0.2, 0.25) is 0 Å². The minimum atomic E-state index is -0.0875. The lowest BCUT2D eigenvalue weighted by Crippen LogP contribution is -2.27. The number of nitrogens with zero attached hydrogens (tertiary/aromatic N) is 1. The van der Waals surface area contributed by atoms with Gasteiger partial charge in [0.15, 0.2) is 0 Å². The molecule has 1 fully saturated rings. The van der Waals surface area contributed by atoms with Crippen LogP contribution in [0.1, 0.15) is 43.0 Å². The molecule has 18 heavy (non-hydrogen) atoms. The molecular weight excluding hydrogens is 244 g/mol. The van der Waals surface area contributed by atoms with Crippen LogP contribution in [-0.2, 0) is 13.0 Å². The predicted molar refractivity (Wildman–Crippen MR) is 75.7 cm³/mol. The Hall–Kier alpha value is -0.450. The highest BCUT2D eigenvalue weighted by molar-refractivity contribution is 7.11. The molecule has 1 aliphatic rings. The Morgan fingerprint density at radius 1 is 1.50 bits per heavy atom. The zero-order valence-electron chi connectivity index (χ0n) is 11.4. The van der Waals surface area contributed by atoms with E-state index in [-0.39, 0.29) is 6.10 Å².